The normalized spacial score (nSPS) is 10.2. The molecular formula is C13H10BrNO2. The van der Waals surface area contributed by atoms with Gasteiger partial charge in [-0.05, 0) is 24.6 Å². The van der Waals surface area contributed by atoms with E-state index in [1.54, 1.807) is 18.2 Å². The summed E-state index contributed by atoms with van der Waals surface area (Å²) >= 11 is 3.44. The van der Waals surface area contributed by atoms with Gasteiger partial charge >= 0.3 is 0 Å². The Balaban J connectivity index is 2.64. The fourth-order valence-electron chi connectivity index (χ4n) is 1.70. The Morgan fingerprint density at radius 1 is 1.12 bits per heavy atom. The number of nitro benzene ring substituents is 1. The van der Waals surface area contributed by atoms with Gasteiger partial charge in [-0.3, -0.25) is 10.1 Å². The summed E-state index contributed by atoms with van der Waals surface area (Å²) in [6.45, 7) is 1.98. The average molecular weight is 292 g/mol. The zero-order chi connectivity index (χ0) is 12.4. The molecule has 0 saturated carbocycles. The van der Waals surface area contributed by atoms with Crippen molar-refractivity contribution in [1.29, 1.82) is 0 Å². The highest BCUT2D eigenvalue weighted by Crippen LogP contribution is 2.34. The highest BCUT2D eigenvalue weighted by molar-refractivity contribution is 9.10. The van der Waals surface area contributed by atoms with E-state index >= 15 is 0 Å². The van der Waals surface area contributed by atoms with Crippen molar-refractivity contribution in [3.05, 3.63) is 62.6 Å². The first kappa shape index (κ1) is 11.8. The lowest BCUT2D eigenvalue weighted by atomic mass is 10.0. The van der Waals surface area contributed by atoms with Gasteiger partial charge in [-0.1, -0.05) is 40.2 Å². The highest BCUT2D eigenvalue weighted by Gasteiger charge is 2.15. The fourth-order valence-corrected chi connectivity index (χ4v) is 2.41. The summed E-state index contributed by atoms with van der Waals surface area (Å²) in [7, 11) is 0. The molecule has 3 nitrogen and oxygen atoms in total. The molecular weight excluding hydrogens is 282 g/mol. The first-order chi connectivity index (χ1) is 8.09. The monoisotopic (exact) mass is 291 g/mol. The third-order valence-electron chi connectivity index (χ3n) is 2.52. The Kier molecular flexibility index (Phi) is 3.24. The number of nitrogens with zero attached hydrogens (tertiary/aromatic N) is 1. The highest BCUT2D eigenvalue weighted by atomic mass is 79.9. The van der Waals surface area contributed by atoms with Gasteiger partial charge in [-0.25, -0.2) is 0 Å². The Hall–Kier alpha value is -1.68. The first-order valence-electron chi connectivity index (χ1n) is 5.09. The third kappa shape index (κ3) is 2.36. The van der Waals surface area contributed by atoms with Crippen LogP contribution in [0.5, 0.6) is 0 Å². The molecule has 17 heavy (non-hydrogen) atoms. The summed E-state index contributed by atoms with van der Waals surface area (Å²) in [6.07, 6.45) is 0. The largest absolute Gasteiger partial charge is 0.277 e. The van der Waals surface area contributed by atoms with Gasteiger partial charge in [0.1, 0.15) is 0 Å². The molecule has 0 aromatic heterocycles. The van der Waals surface area contributed by atoms with E-state index in [4.69, 9.17) is 0 Å². The van der Waals surface area contributed by atoms with Crippen molar-refractivity contribution >= 4 is 21.6 Å². The van der Waals surface area contributed by atoms with Crippen LogP contribution in [0.2, 0.25) is 0 Å². The molecule has 0 radical (unpaired) electrons. The minimum Gasteiger partial charge on any atom is -0.258 e. The van der Waals surface area contributed by atoms with Crippen molar-refractivity contribution in [3.8, 4) is 11.1 Å². The summed E-state index contributed by atoms with van der Waals surface area (Å²) in [6, 6.07) is 12.5. The molecule has 0 unspecified atom stereocenters. The van der Waals surface area contributed by atoms with Crippen LogP contribution in [0.4, 0.5) is 5.69 Å². The Morgan fingerprint density at radius 2 is 1.82 bits per heavy atom. The van der Waals surface area contributed by atoms with Crippen LogP contribution in [-0.4, -0.2) is 4.92 Å². The average Bonchev–Trinajstić information content (AvgIpc) is 2.29. The van der Waals surface area contributed by atoms with Gasteiger partial charge in [-0.15, -0.1) is 0 Å². The fraction of sp³-hybridized carbons (Fsp3) is 0.0769. The maximum atomic E-state index is 11.0. The molecule has 4 heteroatoms. The van der Waals surface area contributed by atoms with Gasteiger partial charge in [-0.2, -0.15) is 0 Å². The molecule has 2 aromatic rings. The van der Waals surface area contributed by atoms with Crippen LogP contribution in [0.15, 0.2) is 46.9 Å². The quantitative estimate of drug-likeness (QED) is 0.610. The zero-order valence-electron chi connectivity index (χ0n) is 9.18. The minimum absolute atomic E-state index is 0.122. The summed E-state index contributed by atoms with van der Waals surface area (Å²) in [5.74, 6) is 0. The van der Waals surface area contributed by atoms with Gasteiger partial charge in [0.15, 0.2) is 0 Å². The summed E-state index contributed by atoms with van der Waals surface area (Å²) in [4.78, 5) is 10.6. The number of hydrogen-bond acceptors (Lipinski definition) is 2. The lowest BCUT2D eigenvalue weighted by molar-refractivity contribution is -0.384. The molecule has 0 spiro atoms. The van der Waals surface area contributed by atoms with Crippen LogP contribution in [0.1, 0.15) is 5.56 Å². The van der Waals surface area contributed by atoms with E-state index in [9.17, 15) is 10.1 Å². The molecule has 86 valence electrons. The van der Waals surface area contributed by atoms with Crippen molar-refractivity contribution in [2.45, 2.75) is 6.92 Å². The second-order valence-corrected chi connectivity index (χ2v) is 4.61. The van der Waals surface area contributed by atoms with Crippen molar-refractivity contribution in [2.75, 3.05) is 0 Å². The summed E-state index contributed by atoms with van der Waals surface area (Å²) in [5, 5.41) is 11.0. The Bertz CT molecular complexity index is 581. The molecule has 0 aliphatic heterocycles. The summed E-state index contributed by atoms with van der Waals surface area (Å²) in [5.41, 5.74) is 2.70. The maximum Gasteiger partial charge on any atom is 0.277 e. The van der Waals surface area contributed by atoms with E-state index in [1.807, 2.05) is 25.1 Å². The first-order valence-corrected chi connectivity index (χ1v) is 5.89. The Labute approximate surface area is 107 Å². The number of rotatable bonds is 2. The predicted molar refractivity (Wildman–Crippen MR) is 71.0 cm³/mol. The smallest absolute Gasteiger partial charge is 0.258 e. The van der Waals surface area contributed by atoms with Gasteiger partial charge in [0.25, 0.3) is 5.69 Å². The van der Waals surface area contributed by atoms with E-state index < -0.39 is 0 Å². The SMILES string of the molecule is Cc1ccc(-c2ccccc2[N+](=O)[O-])c(Br)c1. The van der Waals surface area contributed by atoms with Crippen molar-refractivity contribution < 1.29 is 4.92 Å². The molecule has 0 heterocycles. The minimum atomic E-state index is -0.359. The third-order valence-corrected chi connectivity index (χ3v) is 3.17. The van der Waals surface area contributed by atoms with E-state index in [1.165, 1.54) is 6.07 Å². The lowest BCUT2D eigenvalue weighted by Gasteiger charge is -2.06. The van der Waals surface area contributed by atoms with Crippen LogP contribution >= 0.6 is 15.9 Å². The topological polar surface area (TPSA) is 43.1 Å². The number of halogens is 1. The molecule has 0 amide bonds. The van der Waals surface area contributed by atoms with Crippen LogP contribution in [-0.2, 0) is 0 Å². The van der Waals surface area contributed by atoms with Crippen LogP contribution in [0.3, 0.4) is 0 Å². The van der Waals surface area contributed by atoms with Gasteiger partial charge in [0.05, 0.1) is 10.5 Å². The van der Waals surface area contributed by atoms with E-state index in [-0.39, 0.29) is 10.6 Å². The molecule has 0 aliphatic carbocycles. The molecule has 0 saturated heterocycles. The maximum absolute atomic E-state index is 11.0. The molecule has 0 atom stereocenters. The number of para-hydroxylation sites is 1. The second kappa shape index (κ2) is 4.67. The van der Waals surface area contributed by atoms with Gasteiger partial charge in [0, 0.05) is 16.1 Å². The van der Waals surface area contributed by atoms with E-state index in [0.717, 1.165) is 15.6 Å². The molecule has 2 rings (SSSR count). The number of aryl methyl sites for hydroxylation is 1. The summed E-state index contributed by atoms with van der Waals surface area (Å²) < 4.78 is 0.867. The second-order valence-electron chi connectivity index (χ2n) is 3.76. The van der Waals surface area contributed by atoms with E-state index in [0.29, 0.717) is 5.56 Å². The molecule has 0 fully saturated rings. The Morgan fingerprint density at radius 3 is 2.47 bits per heavy atom. The number of nitro groups is 1. The van der Waals surface area contributed by atoms with Crippen molar-refractivity contribution in [1.82, 2.24) is 0 Å². The van der Waals surface area contributed by atoms with Crippen molar-refractivity contribution in [3.63, 3.8) is 0 Å². The standard InChI is InChI=1S/C13H10BrNO2/c1-9-6-7-10(12(14)8-9)11-4-2-3-5-13(11)15(16)17/h2-8H,1H3. The van der Waals surface area contributed by atoms with Gasteiger partial charge in [0.2, 0.25) is 0 Å². The predicted octanol–water partition coefficient (Wildman–Crippen LogP) is 4.33. The van der Waals surface area contributed by atoms with E-state index in [2.05, 4.69) is 15.9 Å². The molecule has 2 aromatic carbocycles. The van der Waals surface area contributed by atoms with Crippen LogP contribution < -0.4 is 0 Å². The van der Waals surface area contributed by atoms with Gasteiger partial charge < -0.3 is 0 Å². The van der Waals surface area contributed by atoms with Crippen LogP contribution in [0.25, 0.3) is 11.1 Å². The lowest BCUT2D eigenvalue weighted by Crippen LogP contribution is -1.92. The molecule has 0 bridgehead atoms. The molecule has 0 N–H and O–H groups in total. The zero-order valence-corrected chi connectivity index (χ0v) is 10.8. The number of hydrogen-bond donors (Lipinski definition) is 0. The van der Waals surface area contributed by atoms with Crippen LogP contribution in [0, 0.1) is 17.0 Å². The number of benzene rings is 2. The molecule has 0 aliphatic rings. The van der Waals surface area contributed by atoms with Crippen molar-refractivity contribution in [2.24, 2.45) is 0 Å².